The first-order chi connectivity index (χ1) is 19.2. The van der Waals surface area contributed by atoms with Crippen LogP contribution in [0, 0.1) is 17.3 Å². The topological polar surface area (TPSA) is 105 Å². The number of nitrogens with zero attached hydrogens (tertiary/aromatic N) is 4. The monoisotopic (exact) mass is 644 g/mol. The van der Waals surface area contributed by atoms with Gasteiger partial charge in [0.15, 0.2) is 11.5 Å². The van der Waals surface area contributed by atoms with E-state index in [1.165, 1.54) is 0 Å². The predicted molar refractivity (Wildman–Crippen MR) is 139 cm³/mol. The first kappa shape index (κ1) is 33.6. The Hall–Kier alpha value is -2.87. The van der Waals surface area contributed by atoms with Gasteiger partial charge < -0.3 is 10.0 Å². The lowest BCUT2D eigenvalue weighted by atomic mass is 9.78. The smallest absolute Gasteiger partial charge is 0.433 e. The van der Waals surface area contributed by atoms with E-state index in [0.29, 0.717) is 15.8 Å². The molecule has 0 saturated heterocycles. The SMILES string of the molecule is C[C@@H]1CC(n2ncc(C(=O)N(CC(=O)c3c(Cl)cncc3Cl)[C@@H](C)C(C)(C)C(F)(F)F)c2C(F)(F)F)CCC1C(=O)O. The van der Waals surface area contributed by atoms with Crippen LogP contribution in [0.3, 0.4) is 0 Å². The van der Waals surface area contributed by atoms with Gasteiger partial charge in [0.25, 0.3) is 5.91 Å². The second-order valence-electron chi connectivity index (χ2n) is 11.0. The highest BCUT2D eigenvalue weighted by molar-refractivity contribution is 6.39. The van der Waals surface area contributed by atoms with Gasteiger partial charge in [-0.1, -0.05) is 30.1 Å². The van der Waals surface area contributed by atoms with Gasteiger partial charge in [-0.2, -0.15) is 31.4 Å². The maximum Gasteiger partial charge on any atom is 0.433 e. The van der Waals surface area contributed by atoms with Crippen LogP contribution in [0.5, 0.6) is 0 Å². The normalized spacial score (nSPS) is 20.7. The van der Waals surface area contributed by atoms with Gasteiger partial charge in [-0.25, -0.2) is 0 Å². The van der Waals surface area contributed by atoms with Gasteiger partial charge in [-0.3, -0.25) is 24.0 Å². The molecule has 2 unspecified atom stereocenters. The first-order valence-corrected chi connectivity index (χ1v) is 13.5. The number of ketones is 1. The largest absolute Gasteiger partial charge is 0.481 e. The van der Waals surface area contributed by atoms with Gasteiger partial charge in [0, 0.05) is 18.4 Å². The third-order valence-corrected chi connectivity index (χ3v) is 8.62. The van der Waals surface area contributed by atoms with Crippen molar-refractivity contribution in [3.8, 4) is 0 Å². The number of aromatic nitrogens is 3. The number of amides is 1. The number of carbonyl (C=O) groups is 3. The molecule has 0 aromatic carbocycles. The van der Waals surface area contributed by atoms with Crippen LogP contribution in [-0.2, 0) is 11.0 Å². The summed E-state index contributed by atoms with van der Waals surface area (Å²) in [5.41, 5.74) is -5.60. The van der Waals surface area contributed by atoms with Crippen LogP contribution in [-0.4, -0.2) is 61.2 Å². The maximum atomic E-state index is 14.5. The number of pyridine rings is 1. The molecule has 0 spiro atoms. The van der Waals surface area contributed by atoms with Gasteiger partial charge in [-0.15, -0.1) is 0 Å². The zero-order chi connectivity index (χ0) is 31.9. The number of carboxylic acid groups (broad SMARTS) is 1. The van der Waals surface area contributed by atoms with Crippen molar-refractivity contribution < 1.29 is 45.8 Å². The van der Waals surface area contributed by atoms with E-state index in [9.17, 15) is 45.8 Å². The number of Topliss-reactive ketones (excluding diaryl/α,β-unsaturated/α-hetero) is 1. The van der Waals surface area contributed by atoms with Crippen molar-refractivity contribution in [2.75, 3.05) is 6.54 Å². The molecule has 0 aliphatic heterocycles. The number of aliphatic carboxylic acids is 1. The minimum Gasteiger partial charge on any atom is -0.481 e. The molecule has 16 heteroatoms. The summed E-state index contributed by atoms with van der Waals surface area (Å²) >= 11 is 12.0. The summed E-state index contributed by atoms with van der Waals surface area (Å²) in [5, 5.41) is 12.6. The molecule has 0 bridgehead atoms. The van der Waals surface area contributed by atoms with E-state index < -0.39 is 77.1 Å². The lowest BCUT2D eigenvalue weighted by Crippen LogP contribution is -2.54. The molecular formula is C26H28Cl2F6N4O4. The van der Waals surface area contributed by atoms with Gasteiger partial charge in [0.1, 0.15) is 0 Å². The molecule has 1 saturated carbocycles. The number of carbonyl (C=O) groups excluding carboxylic acids is 2. The minimum atomic E-state index is -5.18. The molecule has 42 heavy (non-hydrogen) atoms. The van der Waals surface area contributed by atoms with E-state index in [1.807, 2.05) is 0 Å². The Bertz CT molecular complexity index is 1340. The molecule has 2 aromatic rings. The van der Waals surface area contributed by atoms with E-state index in [1.54, 1.807) is 6.92 Å². The zero-order valence-corrected chi connectivity index (χ0v) is 24.4. The van der Waals surface area contributed by atoms with Crippen LogP contribution < -0.4 is 0 Å². The van der Waals surface area contributed by atoms with E-state index in [-0.39, 0.29) is 34.9 Å². The Morgan fingerprint density at radius 2 is 1.64 bits per heavy atom. The summed E-state index contributed by atoms with van der Waals surface area (Å²) in [6.45, 7) is 2.97. The van der Waals surface area contributed by atoms with Crippen LogP contribution >= 0.6 is 23.2 Å². The summed E-state index contributed by atoms with van der Waals surface area (Å²) in [7, 11) is 0. The average Bonchev–Trinajstić information content (AvgIpc) is 3.31. The van der Waals surface area contributed by atoms with Gasteiger partial charge in [0.2, 0.25) is 0 Å². The third-order valence-electron chi connectivity index (χ3n) is 8.05. The van der Waals surface area contributed by atoms with Gasteiger partial charge in [-0.05, 0) is 46.0 Å². The van der Waals surface area contributed by atoms with Crippen molar-refractivity contribution >= 4 is 40.9 Å². The molecule has 3 rings (SSSR count). The van der Waals surface area contributed by atoms with E-state index in [0.717, 1.165) is 33.2 Å². The number of hydrogen-bond donors (Lipinski definition) is 1. The van der Waals surface area contributed by atoms with E-state index in [4.69, 9.17) is 23.2 Å². The van der Waals surface area contributed by atoms with Crippen molar-refractivity contribution in [1.82, 2.24) is 19.7 Å². The van der Waals surface area contributed by atoms with Crippen LogP contribution in [0.4, 0.5) is 26.3 Å². The Kier molecular flexibility index (Phi) is 9.62. The molecular weight excluding hydrogens is 617 g/mol. The quantitative estimate of drug-likeness (QED) is 0.246. The zero-order valence-electron chi connectivity index (χ0n) is 22.9. The predicted octanol–water partition coefficient (Wildman–Crippen LogP) is 6.97. The van der Waals surface area contributed by atoms with Crippen molar-refractivity contribution in [3.63, 3.8) is 0 Å². The molecule has 1 aliphatic carbocycles. The lowest BCUT2D eigenvalue weighted by molar-refractivity contribution is -0.226. The average molecular weight is 645 g/mol. The Morgan fingerprint density at radius 3 is 2.12 bits per heavy atom. The summed E-state index contributed by atoms with van der Waals surface area (Å²) in [6, 6.07) is -2.77. The molecule has 2 aromatic heterocycles. The standard InChI is InChI=1S/C26H28Cl2F6N4O4/c1-12-7-14(5-6-15(12)23(41)42)38-21(25(29,30)31)16(8-36-38)22(40)37(13(2)24(3,4)26(32,33)34)11-19(39)20-17(27)9-35-10-18(20)28/h8-10,12-15H,5-7,11H2,1-4H3,(H,41,42)/t12-,13+,14?,15?/m1/s1. The lowest BCUT2D eigenvalue weighted by Gasteiger charge is -2.41. The fourth-order valence-corrected chi connectivity index (χ4v) is 5.69. The van der Waals surface area contributed by atoms with Gasteiger partial charge in [0.05, 0.1) is 51.3 Å². The van der Waals surface area contributed by atoms with E-state index >= 15 is 0 Å². The number of alkyl halides is 6. The molecule has 1 amide bonds. The van der Waals surface area contributed by atoms with Crippen LogP contribution in [0.25, 0.3) is 0 Å². The van der Waals surface area contributed by atoms with Crippen molar-refractivity contribution in [2.24, 2.45) is 17.3 Å². The van der Waals surface area contributed by atoms with Crippen molar-refractivity contribution in [1.29, 1.82) is 0 Å². The summed E-state index contributed by atoms with van der Waals surface area (Å²) in [5.74, 6) is -4.90. The Labute approximate surface area is 247 Å². The fourth-order valence-electron chi connectivity index (χ4n) is 5.11. The summed E-state index contributed by atoms with van der Waals surface area (Å²) in [4.78, 5) is 42.5. The second-order valence-corrected chi connectivity index (χ2v) is 11.8. The fraction of sp³-hybridized carbons (Fsp3) is 0.577. The molecule has 1 aliphatic rings. The van der Waals surface area contributed by atoms with Crippen molar-refractivity contribution in [3.05, 3.63) is 45.5 Å². The molecule has 232 valence electrons. The molecule has 2 heterocycles. The molecule has 1 fully saturated rings. The Balaban J connectivity index is 2.11. The maximum absolute atomic E-state index is 14.5. The third kappa shape index (κ3) is 6.53. The van der Waals surface area contributed by atoms with E-state index in [2.05, 4.69) is 10.1 Å². The summed E-state index contributed by atoms with van der Waals surface area (Å²) in [6.07, 6.45) is -7.32. The highest BCUT2D eigenvalue weighted by Crippen LogP contribution is 2.44. The number of carboxylic acids is 1. The number of halogens is 8. The molecule has 1 N–H and O–H groups in total. The highest BCUT2D eigenvalue weighted by Gasteiger charge is 2.54. The minimum absolute atomic E-state index is 0.00804. The molecule has 8 nitrogen and oxygen atoms in total. The number of rotatable bonds is 8. The van der Waals surface area contributed by atoms with Gasteiger partial charge >= 0.3 is 18.3 Å². The number of hydrogen-bond acceptors (Lipinski definition) is 5. The molecule has 4 atom stereocenters. The van der Waals surface area contributed by atoms with Crippen LogP contribution in [0.1, 0.15) is 79.4 Å². The van der Waals surface area contributed by atoms with Crippen LogP contribution in [0.2, 0.25) is 10.0 Å². The molecule has 0 radical (unpaired) electrons. The highest BCUT2D eigenvalue weighted by atomic mass is 35.5. The van der Waals surface area contributed by atoms with Crippen molar-refractivity contribution in [2.45, 2.75) is 71.4 Å². The van der Waals surface area contributed by atoms with Crippen LogP contribution in [0.15, 0.2) is 18.6 Å². The Morgan fingerprint density at radius 1 is 1.07 bits per heavy atom. The second kappa shape index (κ2) is 12.0. The first-order valence-electron chi connectivity index (χ1n) is 12.8. The summed E-state index contributed by atoms with van der Waals surface area (Å²) < 4.78 is 86.1.